The van der Waals surface area contributed by atoms with Gasteiger partial charge < -0.3 is 15.2 Å². The maximum Gasteiger partial charge on any atom is 0.352 e. The van der Waals surface area contributed by atoms with Crippen molar-refractivity contribution >= 4 is 41.6 Å². The van der Waals surface area contributed by atoms with Gasteiger partial charge in [0.05, 0.1) is 0 Å². The number of amides is 2. The number of carbonyl (C=O) groups is 4. The van der Waals surface area contributed by atoms with Gasteiger partial charge in [-0.2, -0.15) is 0 Å². The largest absolute Gasteiger partial charge is 0.477 e. The molecule has 4 atom stereocenters. The Morgan fingerprint density at radius 1 is 1.17 bits per heavy atom. The summed E-state index contributed by atoms with van der Waals surface area (Å²) in [6.45, 7) is 1.82. The third-order valence-corrected chi connectivity index (χ3v) is 7.50. The van der Waals surface area contributed by atoms with Crippen LogP contribution in [0.3, 0.4) is 0 Å². The summed E-state index contributed by atoms with van der Waals surface area (Å²) in [5, 5.41) is 11.4. The molecule has 8 nitrogen and oxygen atoms in total. The molecule has 2 heterocycles. The molecule has 2 aromatic carbocycles. The molecule has 2 amide bonds. The van der Waals surface area contributed by atoms with Gasteiger partial charge in [0.15, 0.2) is 5.92 Å². The Kier molecular flexibility index (Phi) is 5.94. The van der Waals surface area contributed by atoms with Crippen molar-refractivity contribution in [1.29, 1.82) is 0 Å². The molecule has 1 fully saturated rings. The Balaban J connectivity index is 1.36. The molecule has 9 heteroatoms. The first-order chi connectivity index (χ1) is 16.8. The summed E-state index contributed by atoms with van der Waals surface area (Å²) in [7, 11) is 0. The van der Waals surface area contributed by atoms with E-state index in [-0.39, 0.29) is 10.9 Å². The van der Waals surface area contributed by atoms with Gasteiger partial charge in [0, 0.05) is 5.25 Å². The van der Waals surface area contributed by atoms with E-state index in [9.17, 15) is 24.3 Å². The summed E-state index contributed by atoms with van der Waals surface area (Å²) in [6, 6.07) is 12.9. The lowest BCUT2D eigenvalue weighted by Crippen LogP contribution is -2.71. The summed E-state index contributed by atoms with van der Waals surface area (Å²) in [5.41, 5.74) is 2.42. The topological polar surface area (TPSA) is 113 Å². The van der Waals surface area contributed by atoms with Gasteiger partial charge in [-0.1, -0.05) is 48.6 Å². The minimum atomic E-state index is -1.30. The summed E-state index contributed by atoms with van der Waals surface area (Å²) in [6.07, 6.45) is 6.30. The number of aliphatic carboxylic acids is 1. The molecular formula is C26H22N2O6S. The third kappa shape index (κ3) is 4.23. The predicted molar refractivity (Wildman–Crippen MR) is 129 cm³/mol. The van der Waals surface area contributed by atoms with Crippen molar-refractivity contribution in [1.82, 2.24) is 10.2 Å². The number of rotatable bonds is 6. The van der Waals surface area contributed by atoms with E-state index in [0.29, 0.717) is 11.3 Å². The number of allylic oxidation sites excluding steroid dienone is 1. The molecule has 178 valence electrons. The van der Waals surface area contributed by atoms with Crippen LogP contribution in [0.15, 0.2) is 66.4 Å². The van der Waals surface area contributed by atoms with Crippen LogP contribution >= 0.6 is 11.8 Å². The van der Waals surface area contributed by atoms with E-state index in [1.54, 1.807) is 42.5 Å². The number of ether oxygens (including phenoxy) is 1. The molecule has 1 aliphatic carbocycles. The lowest BCUT2D eigenvalue weighted by Gasteiger charge is -2.49. The van der Waals surface area contributed by atoms with Gasteiger partial charge in [0.2, 0.25) is 5.91 Å². The van der Waals surface area contributed by atoms with Crippen molar-refractivity contribution in [3.8, 4) is 5.75 Å². The Hall–Kier alpha value is -3.85. The number of nitrogens with zero attached hydrogens (tertiary/aromatic N) is 1. The lowest BCUT2D eigenvalue weighted by atomic mass is 9.96. The standard InChI is InChI=1S/C26H22N2O6S/c1-14-12-19(25(31)32)28-23(30)21(24(28)35-14)27-22(29)20(16-6-3-2-4-7-16)26(33)34-18-11-10-15-8-5-9-17(15)13-18/h2-7,9-14,20-21,24H,8H2,1H3,(H,27,29)(H,31,32)/t14?,20?,21?,24-/m1/s1. The van der Waals surface area contributed by atoms with E-state index in [1.807, 2.05) is 25.1 Å². The normalized spacial score (nSPS) is 22.9. The van der Waals surface area contributed by atoms with Crippen LogP contribution in [-0.2, 0) is 25.6 Å². The van der Waals surface area contributed by atoms with Gasteiger partial charge in [0.25, 0.3) is 5.91 Å². The van der Waals surface area contributed by atoms with Gasteiger partial charge in [-0.15, -0.1) is 11.8 Å². The molecule has 5 rings (SSSR count). The zero-order valence-electron chi connectivity index (χ0n) is 18.7. The molecule has 0 radical (unpaired) electrons. The van der Waals surface area contributed by atoms with E-state index in [2.05, 4.69) is 5.32 Å². The Bertz CT molecular complexity index is 1290. The Morgan fingerprint density at radius 3 is 2.69 bits per heavy atom. The number of carboxylic acid groups (broad SMARTS) is 1. The number of esters is 1. The van der Waals surface area contributed by atoms with Crippen molar-refractivity contribution in [2.45, 2.75) is 35.9 Å². The number of hydrogen-bond donors (Lipinski definition) is 2. The lowest BCUT2D eigenvalue weighted by molar-refractivity contribution is -0.151. The fourth-order valence-corrected chi connectivity index (χ4v) is 5.80. The average molecular weight is 491 g/mol. The molecule has 1 saturated heterocycles. The van der Waals surface area contributed by atoms with E-state index in [0.717, 1.165) is 17.5 Å². The average Bonchev–Trinajstić information content (AvgIpc) is 3.30. The number of fused-ring (bicyclic) bond motifs is 2. The minimum Gasteiger partial charge on any atom is -0.477 e. The first-order valence-corrected chi connectivity index (χ1v) is 12.1. The van der Waals surface area contributed by atoms with Crippen molar-refractivity contribution < 1.29 is 29.0 Å². The zero-order valence-corrected chi connectivity index (χ0v) is 19.5. The molecule has 0 aromatic heterocycles. The molecule has 2 aliphatic heterocycles. The second-order valence-electron chi connectivity index (χ2n) is 8.52. The SMILES string of the molecule is CC1C=C(C(=O)O)N2C(=O)C(NC(=O)C(C(=O)Oc3ccc4c(c3)C=CC4)c3ccccc3)[C@H]2S1. The number of benzene rings is 2. The molecule has 35 heavy (non-hydrogen) atoms. The number of hydrogen-bond acceptors (Lipinski definition) is 6. The molecule has 3 unspecified atom stereocenters. The Labute approximate surface area is 205 Å². The molecule has 3 aliphatic rings. The van der Waals surface area contributed by atoms with E-state index in [4.69, 9.17) is 4.74 Å². The Morgan fingerprint density at radius 2 is 1.94 bits per heavy atom. The van der Waals surface area contributed by atoms with Crippen molar-refractivity contribution in [2.24, 2.45) is 0 Å². The predicted octanol–water partition coefficient (Wildman–Crippen LogP) is 2.70. The summed E-state index contributed by atoms with van der Waals surface area (Å²) < 4.78 is 5.59. The second-order valence-corrected chi connectivity index (χ2v) is 10.0. The molecular weight excluding hydrogens is 468 g/mol. The van der Waals surface area contributed by atoms with Crippen LogP contribution in [0.25, 0.3) is 6.08 Å². The van der Waals surface area contributed by atoms with E-state index < -0.39 is 41.1 Å². The number of thioether (sulfide) groups is 1. The highest BCUT2D eigenvalue weighted by Crippen LogP contribution is 2.41. The van der Waals surface area contributed by atoms with Crippen molar-refractivity contribution in [3.63, 3.8) is 0 Å². The first-order valence-electron chi connectivity index (χ1n) is 11.1. The highest BCUT2D eigenvalue weighted by molar-refractivity contribution is 8.00. The zero-order chi connectivity index (χ0) is 24.7. The van der Waals surface area contributed by atoms with Crippen LogP contribution in [0.2, 0.25) is 0 Å². The summed E-state index contributed by atoms with van der Waals surface area (Å²) in [4.78, 5) is 52.1. The molecule has 0 saturated carbocycles. The van der Waals surface area contributed by atoms with Crippen LogP contribution < -0.4 is 10.1 Å². The number of nitrogens with one attached hydrogen (secondary N) is 1. The van der Waals surface area contributed by atoms with Gasteiger partial charge in [-0.05, 0) is 48.2 Å². The summed E-state index contributed by atoms with van der Waals surface area (Å²) in [5.74, 6) is -4.15. The van der Waals surface area contributed by atoms with Crippen LogP contribution in [0.5, 0.6) is 5.75 Å². The number of carbonyl (C=O) groups excluding carboxylic acids is 3. The number of β-lactam (4-membered cyclic amide) rings is 1. The van der Waals surface area contributed by atoms with Crippen molar-refractivity contribution in [2.75, 3.05) is 0 Å². The van der Waals surface area contributed by atoms with E-state index >= 15 is 0 Å². The van der Waals surface area contributed by atoms with E-state index in [1.165, 1.54) is 22.7 Å². The molecule has 2 N–H and O–H groups in total. The van der Waals surface area contributed by atoms with Gasteiger partial charge in [-0.25, -0.2) is 4.79 Å². The quantitative estimate of drug-likeness (QED) is 0.277. The highest BCUT2D eigenvalue weighted by atomic mass is 32.2. The van der Waals surface area contributed by atoms with Gasteiger partial charge in [0.1, 0.15) is 22.9 Å². The minimum absolute atomic E-state index is 0.0959. The molecule has 0 bridgehead atoms. The fourth-order valence-electron chi connectivity index (χ4n) is 4.47. The van der Waals surface area contributed by atoms with Crippen LogP contribution in [0, 0.1) is 0 Å². The van der Waals surface area contributed by atoms with Gasteiger partial charge in [-0.3, -0.25) is 19.3 Å². The summed E-state index contributed by atoms with van der Waals surface area (Å²) >= 11 is 1.37. The first kappa shape index (κ1) is 22.9. The smallest absolute Gasteiger partial charge is 0.352 e. The van der Waals surface area contributed by atoms with Gasteiger partial charge >= 0.3 is 11.9 Å². The monoisotopic (exact) mass is 490 g/mol. The maximum absolute atomic E-state index is 13.3. The van der Waals surface area contributed by atoms with Crippen LogP contribution in [0.4, 0.5) is 0 Å². The fraction of sp³-hybridized carbons (Fsp3) is 0.231. The molecule has 2 aromatic rings. The second kappa shape index (κ2) is 9.07. The van der Waals surface area contributed by atoms with Crippen LogP contribution in [0.1, 0.15) is 29.5 Å². The maximum atomic E-state index is 13.3. The molecule has 0 spiro atoms. The highest BCUT2D eigenvalue weighted by Gasteiger charge is 2.54. The van der Waals surface area contributed by atoms with Crippen molar-refractivity contribution in [3.05, 3.63) is 83.1 Å². The van der Waals surface area contributed by atoms with Crippen LogP contribution in [-0.4, -0.2) is 50.4 Å². The number of carboxylic acids is 1. The third-order valence-electron chi connectivity index (χ3n) is 6.17.